The number of aliphatic hydroxyl groups is 1. The van der Waals surface area contributed by atoms with Gasteiger partial charge in [0.1, 0.15) is 12.1 Å². The van der Waals surface area contributed by atoms with Crippen LogP contribution in [0.4, 0.5) is 10.1 Å². The zero-order valence-electron chi connectivity index (χ0n) is 20.1. The molecule has 1 aliphatic heterocycles. The van der Waals surface area contributed by atoms with Crippen LogP contribution in [0.3, 0.4) is 0 Å². The van der Waals surface area contributed by atoms with E-state index in [1.807, 2.05) is 43.3 Å². The van der Waals surface area contributed by atoms with Crippen LogP contribution in [0.2, 0.25) is 0 Å². The standard InChI is InChI=1S/C24H27FN2O2.C3H8O/c1-5-22-23(24(29)26(4)19-9-7-6-8-10-19)20(15-28)17(3)27(22)14-18-11-12-21(25)16(2)13-18;1-3(2)4/h5-13,15,17,20,22-23H,1,14H2,2-4H3;3-4H,1-2H3. The van der Waals surface area contributed by atoms with E-state index in [-0.39, 0.29) is 29.9 Å². The molecule has 6 heteroatoms. The molecule has 33 heavy (non-hydrogen) atoms. The van der Waals surface area contributed by atoms with Gasteiger partial charge in [-0.3, -0.25) is 9.69 Å². The Kier molecular flexibility index (Phi) is 9.50. The summed E-state index contributed by atoms with van der Waals surface area (Å²) in [5.41, 5.74) is 2.30. The van der Waals surface area contributed by atoms with Crippen molar-refractivity contribution in [3.05, 3.63) is 78.1 Å². The van der Waals surface area contributed by atoms with Crippen LogP contribution in [0.15, 0.2) is 61.2 Å². The summed E-state index contributed by atoms with van der Waals surface area (Å²) in [6, 6.07) is 14.0. The largest absolute Gasteiger partial charge is 0.394 e. The second kappa shape index (κ2) is 11.9. The van der Waals surface area contributed by atoms with Crippen molar-refractivity contribution in [2.45, 2.75) is 52.4 Å². The molecule has 3 rings (SSSR count). The van der Waals surface area contributed by atoms with E-state index in [1.165, 1.54) is 6.07 Å². The maximum Gasteiger partial charge on any atom is 0.232 e. The summed E-state index contributed by atoms with van der Waals surface area (Å²) in [6.07, 6.45) is 2.47. The molecule has 0 bridgehead atoms. The second-order valence-corrected chi connectivity index (χ2v) is 8.79. The summed E-state index contributed by atoms with van der Waals surface area (Å²) in [6.45, 7) is 11.6. The SMILES string of the molecule is C=CC1C(C(=O)N(C)c2ccccc2)C(C=O)C(C)N1Cc1ccc(F)c(C)c1.CC(C)O. The summed E-state index contributed by atoms with van der Waals surface area (Å²) in [4.78, 5) is 29.1. The molecule has 178 valence electrons. The average Bonchev–Trinajstić information content (AvgIpc) is 3.06. The minimum Gasteiger partial charge on any atom is -0.394 e. The van der Waals surface area contributed by atoms with Gasteiger partial charge in [0, 0.05) is 43.4 Å². The topological polar surface area (TPSA) is 60.9 Å². The number of rotatable bonds is 6. The fourth-order valence-corrected chi connectivity index (χ4v) is 4.29. The average molecular weight is 455 g/mol. The molecule has 5 nitrogen and oxygen atoms in total. The van der Waals surface area contributed by atoms with Crippen molar-refractivity contribution in [2.75, 3.05) is 11.9 Å². The number of amides is 1. The van der Waals surface area contributed by atoms with Crippen molar-refractivity contribution >= 4 is 17.9 Å². The van der Waals surface area contributed by atoms with Gasteiger partial charge in [0.2, 0.25) is 5.91 Å². The minimum atomic E-state index is -0.522. The Morgan fingerprint density at radius 2 is 1.85 bits per heavy atom. The number of anilines is 1. The zero-order valence-corrected chi connectivity index (χ0v) is 20.1. The first-order chi connectivity index (χ1) is 15.6. The van der Waals surface area contributed by atoms with Gasteiger partial charge in [-0.1, -0.05) is 36.4 Å². The number of aliphatic hydroxyl groups excluding tert-OH is 1. The number of carbonyl (C=O) groups excluding carboxylic acids is 2. The third-order valence-electron chi connectivity index (χ3n) is 5.99. The second-order valence-electron chi connectivity index (χ2n) is 8.79. The quantitative estimate of drug-likeness (QED) is 0.520. The van der Waals surface area contributed by atoms with Crippen molar-refractivity contribution in [3.63, 3.8) is 0 Å². The number of aldehydes is 1. The summed E-state index contributed by atoms with van der Waals surface area (Å²) >= 11 is 0. The van der Waals surface area contributed by atoms with Crippen molar-refractivity contribution in [1.29, 1.82) is 0 Å². The molecule has 0 aromatic heterocycles. The Hall–Kier alpha value is -2.83. The van der Waals surface area contributed by atoms with E-state index in [1.54, 1.807) is 44.9 Å². The monoisotopic (exact) mass is 454 g/mol. The molecule has 2 aromatic rings. The first-order valence-corrected chi connectivity index (χ1v) is 11.2. The fraction of sp³-hybridized carbons (Fsp3) is 0.407. The van der Waals surface area contributed by atoms with Crippen molar-refractivity contribution in [1.82, 2.24) is 4.90 Å². The lowest BCUT2D eigenvalue weighted by molar-refractivity contribution is -0.126. The zero-order chi connectivity index (χ0) is 24.7. The van der Waals surface area contributed by atoms with Crippen molar-refractivity contribution < 1.29 is 19.1 Å². The van der Waals surface area contributed by atoms with Crippen LogP contribution in [-0.2, 0) is 16.1 Å². The van der Waals surface area contributed by atoms with Gasteiger partial charge in [-0.05, 0) is 57.0 Å². The van der Waals surface area contributed by atoms with Crippen LogP contribution < -0.4 is 4.90 Å². The molecule has 0 aliphatic carbocycles. The van der Waals surface area contributed by atoms with Gasteiger partial charge < -0.3 is 14.8 Å². The molecule has 0 radical (unpaired) electrons. The molecular formula is C27H35FN2O3. The molecule has 1 fully saturated rings. The third kappa shape index (κ3) is 6.36. The van der Waals surface area contributed by atoms with Crippen LogP contribution >= 0.6 is 0 Å². The Morgan fingerprint density at radius 3 is 2.36 bits per heavy atom. The number of aryl methyl sites for hydroxylation is 1. The molecule has 4 atom stereocenters. The van der Waals surface area contributed by atoms with E-state index < -0.39 is 11.8 Å². The number of carbonyl (C=O) groups is 2. The number of halogens is 1. The van der Waals surface area contributed by atoms with Gasteiger partial charge in [-0.25, -0.2) is 4.39 Å². The summed E-state index contributed by atoms with van der Waals surface area (Å²) in [7, 11) is 1.73. The van der Waals surface area contributed by atoms with Gasteiger partial charge >= 0.3 is 0 Å². The number of hydrogen-bond donors (Lipinski definition) is 1. The Balaban J connectivity index is 0.000000890. The normalized spacial score (nSPS) is 22.4. The first-order valence-electron chi connectivity index (χ1n) is 11.2. The van der Waals surface area contributed by atoms with Crippen LogP contribution in [0.5, 0.6) is 0 Å². The van der Waals surface area contributed by atoms with Crippen LogP contribution in [0.1, 0.15) is 31.9 Å². The van der Waals surface area contributed by atoms with Gasteiger partial charge in [-0.2, -0.15) is 0 Å². The molecule has 0 spiro atoms. The Morgan fingerprint density at radius 1 is 1.24 bits per heavy atom. The lowest BCUT2D eigenvalue weighted by atomic mass is 9.87. The van der Waals surface area contributed by atoms with E-state index in [4.69, 9.17) is 5.11 Å². The maximum absolute atomic E-state index is 13.6. The van der Waals surface area contributed by atoms with E-state index in [0.717, 1.165) is 17.5 Å². The Labute approximate surface area is 196 Å². The minimum absolute atomic E-state index is 0.108. The first kappa shape index (κ1) is 26.4. The van der Waals surface area contributed by atoms with Gasteiger partial charge in [0.15, 0.2) is 0 Å². The molecule has 0 saturated carbocycles. The van der Waals surface area contributed by atoms with Gasteiger partial charge in [0.25, 0.3) is 0 Å². The highest BCUT2D eigenvalue weighted by Crippen LogP contribution is 2.38. The molecule has 1 aliphatic rings. The highest BCUT2D eigenvalue weighted by molar-refractivity contribution is 5.97. The number of benzene rings is 2. The number of para-hydroxylation sites is 1. The van der Waals surface area contributed by atoms with E-state index in [0.29, 0.717) is 12.1 Å². The highest BCUT2D eigenvalue weighted by atomic mass is 19.1. The summed E-state index contributed by atoms with van der Waals surface area (Å²) in [5.74, 6) is -1.32. The van der Waals surface area contributed by atoms with Crippen LogP contribution in [0.25, 0.3) is 0 Å². The van der Waals surface area contributed by atoms with Crippen LogP contribution in [-0.4, -0.2) is 47.4 Å². The molecule has 1 saturated heterocycles. The lowest BCUT2D eigenvalue weighted by Gasteiger charge is -2.29. The molecule has 1 amide bonds. The van der Waals surface area contributed by atoms with E-state index >= 15 is 0 Å². The predicted molar refractivity (Wildman–Crippen MR) is 130 cm³/mol. The lowest BCUT2D eigenvalue weighted by Crippen LogP contribution is -2.41. The summed E-state index contributed by atoms with van der Waals surface area (Å²) < 4.78 is 13.6. The molecule has 1 N–H and O–H groups in total. The van der Waals surface area contributed by atoms with Crippen molar-refractivity contribution in [3.8, 4) is 0 Å². The van der Waals surface area contributed by atoms with Crippen molar-refractivity contribution in [2.24, 2.45) is 11.8 Å². The van der Waals surface area contributed by atoms with Gasteiger partial charge in [0.05, 0.1) is 5.92 Å². The van der Waals surface area contributed by atoms with E-state index in [2.05, 4.69) is 11.5 Å². The Bertz CT molecular complexity index is 945. The smallest absolute Gasteiger partial charge is 0.232 e. The molecule has 4 unspecified atom stereocenters. The fourth-order valence-electron chi connectivity index (χ4n) is 4.29. The number of nitrogens with zero attached hydrogens (tertiary/aromatic N) is 2. The highest BCUT2D eigenvalue weighted by Gasteiger charge is 2.49. The maximum atomic E-state index is 13.6. The predicted octanol–water partition coefficient (Wildman–Crippen LogP) is 4.37. The van der Waals surface area contributed by atoms with E-state index in [9.17, 15) is 14.0 Å². The number of hydrogen-bond acceptors (Lipinski definition) is 4. The molecule has 2 aromatic carbocycles. The molecule has 1 heterocycles. The summed E-state index contributed by atoms with van der Waals surface area (Å²) in [5, 5.41) is 8.06. The third-order valence-corrected chi connectivity index (χ3v) is 5.99. The number of likely N-dealkylation sites (tertiary alicyclic amines) is 1. The van der Waals surface area contributed by atoms with Crippen LogP contribution in [0, 0.1) is 24.6 Å². The molecular weight excluding hydrogens is 419 g/mol. The van der Waals surface area contributed by atoms with Gasteiger partial charge in [-0.15, -0.1) is 6.58 Å².